The first-order chi connectivity index (χ1) is 13.7. The fourth-order valence-electron chi connectivity index (χ4n) is 3.77. The summed E-state index contributed by atoms with van der Waals surface area (Å²) in [6.07, 6.45) is 5.61. The number of carbonyl (C=O) groups is 2. The number of carbonyl (C=O) groups excluding carboxylic acids is 2. The summed E-state index contributed by atoms with van der Waals surface area (Å²) in [6.45, 7) is 1.48. The number of pyridine rings is 1. The lowest BCUT2D eigenvalue weighted by atomic mass is 10.1. The predicted molar refractivity (Wildman–Crippen MR) is 103 cm³/mol. The Hall–Kier alpha value is -3.26. The van der Waals surface area contributed by atoms with E-state index >= 15 is 0 Å². The number of imidazole rings is 1. The number of nitrogens with one attached hydrogen (secondary N) is 2. The Bertz CT molecular complexity index is 1080. The molecular weight excluding hydrogens is 358 g/mol. The number of ether oxygens (including phenoxy) is 1. The zero-order chi connectivity index (χ0) is 19.1. The molecule has 0 radical (unpaired) electrons. The topological polar surface area (TPSA) is 98.1 Å². The summed E-state index contributed by atoms with van der Waals surface area (Å²) in [4.78, 5) is 33.0. The molecule has 2 amide bonds. The van der Waals surface area contributed by atoms with Gasteiger partial charge in [0.2, 0.25) is 5.91 Å². The fourth-order valence-corrected chi connectivity index (χ4v) is 3.77. The van der Waals surface area contributed by atoms with E-state index in [1.165, 1.54) is 0 Å². The summed E-state index contributed by atoms with van der Waals surface area (Å²) >= 11 is 0. The van der Waals surface area contributed by atoms with Crippen LogP contribution in [0.15, 0.2) is 36.8 Å². The molecule has 0 bridgehead atoms. The summed E-state index contributed by atoms with van der Waals surface area (Å²) in [6, 6.07) is 7.49. The third-order valence-corrected chi connectivity index (χ3v) is 5.25. The zero-order valence-corrected chi connectivity index (χ0v) is 15.1. The van der Waals surface area contributed by atoms with Gasteiger partial charge in [-0.15, -0.1) is 0 Å². The second kappa shape index (κ2) is 6.72. The van der Waals surface area contributed by atoms with Gasteiger partial charge in [0.15, 0.2) is 5.65 Å². The molecular formula is C20H19N5O3. The lowest BCUT2D eigenvalue weighted by Gasteiger charge is -2.23. The molecule has 1 fully saturated rings. The molecule has 142 valence electrons. The first kappa shape index (κ1) is 16.9. The Morgan fingerprint density at radius 2 is 2.07 bits per heavy atom. The number of aromatic nitrogens is 3. The van der Waals surface area contributed by atoms with Crippen LogP contribution < -0.4 is 10.6 Å². The van der Waals surface area contributed by atoms with Crippen molar-refractivity contribution in [2.24, 2.45) is 0 Å². The molecule has 2 aliphatic rings. The SMILES string of the molecule is O=C1Cc2ccc(NC(=O)c3cnc4c(c3)ncn4C3CCOCC3)cc2N1. The van der Waals surface area contributed by atoms with Crippen LogP contribution >= 0.6 is 0 Å². The number of anilines is 2. The average Bonchev–Trinajstić information content (AvgIpc) is 3.30. The van der Waals surface area contributed by atoms with Crippen LogP contribution in [0.25, 0.3) is 11.2 Å². The molecule has 1 saturated heterocycles. The summed E-state index contributed by atoms with van der Waals surface area (Å²) in [5, 5.41) is 5.64. The minimum absolute atomic E-state index is 0.0340. The lowest BCUT2D eigenvalue weighted by Crippen LogP contribution is -2.19. The minimum Gasteiger partial charge on any atom is -0.381 e. The van der Waals surface area contributed by atoms with Crippen molar-refractivity contribution >= 4 is 34.4 Å². The van der Waals surface area contributed by atoms with E-state index in [9.17, 15) is 9.59 Å². The molecule has 2 aromatic heterocycles. The Kier molecular flexibility index (Phi) is 4.05. The number of fused-ring (bicyclic) bond motifs is 2. The molecule has 8 heteroatoms. The maximum absolute atomic E-state index is 12.6. The summed E-state index contributed by atoms with van der Waals surface area (Å²) < 4.78 is 7.49. The van der Waals surface area contributed by atoms with E-state index in [4.69, 9.17) is 4.74 Å². The molecule has 0 atom stereocenters. The lowest BCUT2D eigenvalue weighted by molar-refractivity contribution is -0.115. The van der Waals surface area contributed by atoms with E-state index < -0.39 is 0 Å². The molecule has 1 aromatic carbocycles. The van der Waals surface area contributed by atoms with Crippen LogP contribution in [0, 0.1) is 0 Å². The highest BCUT2D eigenvalue weighted by Gasteiger charge is 2.20. The minimum atomic E-state index is -0.265. The number of amides is 2. The van der Waals surface area contributed by atoms with Crippen LogP contribution in [-0.4, -0.2) is 39.6 Å². The summed E-state index contributed by atoms with van der Waals surface area (Å²) in [7, 11) is 0. The number of rotatable bonds is 3. The van der Waals surface area contributed by atoms with Crippen molar-refractivity contribution in [2.45, 2.75) is 25.3 Å². The van der Waals surface area contributed by atoms with Gasteiger partial charge in [0.25, 0.3) is 5.91 Å². The number of hydrogen-bond acceptors (Lipinski definition) is 5. The molecule has 28 heavy (non-hydrogen) atoms. The first-order valence-corrected chi connectivity index (χ1v) is 9.32. The van der Waals surface area contributed by atoms with Gasteiger partial charge in [0, 0.05) is 36.8 Å². The fraction of sp³-hybridized carbons (Fsp3) is 0.300. The Morgan fingerprint density at radius 1 is 1.21 bits per heavy atom. The van der Waals surface area contributed by atoms with E-state index in [2.05, 4.69) is 25.2 Å². The second-order valence-corrected chi connectivity index (χ2v) is 7.11. The number of nitrogens with zero attached hydrogens (tertiary/aromatic N) is 3. The van der Waals surface area contributed by atoms with Crippen LogP contribution in [-0.2, 0) is 16.0 Å². The maximum Gasteiger partial charge on any atom is 0.257 e. The third-order valence-electron chi connectivity index (χ3n) is 5.25. The Labute approximate surface area is 160 Å². The molecule has 0 saturated carbocycles. The third kappa shape index (κ3) is 3.01. The standard InChI is InChI=1S/C20H19N5O3/c26-18-8-12-1-2-14(9-16(12)24-18)23-20(27)13-7-17-19(21-10-13)25(11-22-17)15-3-5-28-6-4-15/h1-2,7,9-11,15H,3-6,8H2,(H,23,27)(H,24,26). The monoisotopic (exact) mass is 377 g/mol. The quantitative estimate of drug-likeness (QED) is 0.731. The van der Waals surface area contributed by atoms with Crippen molar-refractivity contribution in [3.63, 3.8) is 0 Å². The van der Waals surface area contributed by atoms with Crippen molar-refractivity contribution in [2.75, 3.05) is 23.8 Å². The van der Waals surface area contributed by atoms with Gasteiger partial charge in [-0.25, -0.2) is 9.97 Å². The van der Waals surface area contributed by atoms with E-state index in [0.717, 1.165) is 43.0 Å². The van der Waals surface area contributed by atoms with Gasteiger partial charge in [-0.05, 0) is 36.6 Å². The van der Waals surface area contributed by atoms with Crippen LogP contribution in [0.5, 0.6) is 0 Å². The van der Waals surface area contributed by atoms with Gasteiger partial charge in [-0.3, -0.25) is 9.59 Å². The largest absolute Gasteiger partial charge is 0.381 e. The molecule has 0 aliphatic carbocycles. The summed E-state index contributed by atoms with van der Waals surface area (Å²) in [5.74, 6) is -0.299. The van der Waals surface area contributed by atoms with E-state index in [0.29, 0.717) is 29.2 Å². The highest BCUT2D eigenvalue weighted by molar-refractivity contribution is 6.06. The maximum atomic E-state index is 12.6. The van der Waals surface area contributed by atoms with Crippen molar-refractivity contribution in [3.8, 4) is 0 Å². The first-order valence-electron chi connectivity index (χ1n) is 9.32. The van der Waals surface area contributed by atoms with Crippen LogP contribution in [0.4, 0.5) is 11.4 Å². The average molecular weight is 377 g/mol. The van der Waals surface area contributed by atoms with Gasteiger partial charge in [-0.2, -0.15) is 0 Å². The highest BCUT2D eigenvalue weighted by atomic mass is 16.5. The van der Waals surface area contributed by atoms with Crippen molar-refractivity contribution in [1.82, 2.24) is 14.5 Å². The molecule has 0 spiro atoms. The highest BCUT2D eigenvalue weighted by Crippen LogP contribution is 2.27. The van der Waals surface area contributed by atoms with Crippen LogP contribution in [0.3, 0.4) is 0 Å². The molecule has 2 aliphatic heterocycles. The van der Waals surface area contributed by atoms with Crippen molar-refractivity contribution in [1.29, 1.82) is 0 Å². The van der Waals surface area contributed by atoms with Gasteiger partial charge >= 0.3 is 0 Å². The smallest absolute Gasteiger partial charge is 0.257 e. The normalized spacial score (nSPS) is 16.8. The second-order valence-electron chi connectivity index (χ2n) is 7.11. The number of hydrogen-bond donors (Lipinski definition) is 2. The van der Waals surface area contributed by atoms with Crippen LogP contribution in [0.2, 0.25) is 0 Å². The zero-order valence-electron chi connectivity index (χ0n) is 15.1. The molecule has 5 rings (SSSR count). The molecule has 0 unspecified atom stereocenters. The van der Waals surface area contributed by atoms with E-state index in [1.807, 2.05) is 6.07 Å². The molecule has 2 N–H and O–H groups in total. The predicted octanol–water partition coefficient (Wildman–Crippen LogP) is 2.53. The van der Waals surface area contributed by atoms with Gasteiger partial charge in [-0.1, -0.05) is 6.07 Å². The summed E-state index contributed by atoms with van der Waals surface area (Å²) in [5.41, 5.74) is 4.22. The Balaban J connectivity index is 1.36. The van der Waals surface area contributed by atoms with Gasteiger partial charge in [0.05, 0.1) is 18.3 Å². The number of benzene rings is 1. The molecule has 8 nitrogen and oxygen atoms in total. The molecule has 4 heterocycles. The van der Waals surface area contributed by atoms with E-state index in [-0.39, 0.29) is 11.8 Å². The van der Waals surface area contributed by atoms with Gasteiger partial charge < -0.3 is 19.9 Å². The van der Waals surface area contributed by atoms with Crippen molar-refractivity contribution in [3.05, 3.63) is 47.9 Å². The van der Waals surface area contributed by atoms with E-state index in [1.54, 1.807) is 30.7 Å². The van der Waals surface area contributed by atoms with Crippen molar-refractivity contribution < 1.29 is 14.3 Å². The van der Waals surface area contributed by atoms with Crippen LogP contribution in [0.1, 0.15) is 34.8 Å². The Morgan fingerprint density at radius 3 is 2.93 bits per heavy atom. The molecule has 3 aromatic rings. The van der Waals surface area contributed by atoms with Gasteiger partial charge in [0.1, 0.15) is 5.52 Å².